The van der Waals surface area contributed by atoms with Crippen LogP contribution in [0.25, 0.3) is 50.0 Å². The average molecular weight is 695 g/mol. The number of benzene rings is 6. The first kappa shape index (κ1) is 33.4. The highest BCUT2D eigenvalue weighted by atomic mass is 28.3. The minimum atomic E-state index is -2.41. The van der Waals surface area contributed by atoms with E-state index in [1.807, 2.05) is 18.2 Å². The number of hydrogen-bond acceptors (Lipinski definition) is 2. The molecule has 4 nitrogen and oxygen atoms in total. The Kier molecular flexibility index (Phi) is 8.24. The smallest absolute Gasteiger partial charge is 0.299 e. The molecule has 8 rings (SSSR count). The van der Waals surface area contributed by atoms with Crippen LogP contribution in [0.5, 0.6) is 0 Å². The van der Waals surface area contributed by atoms with Crippen molar-refractivity contribution in [2.75, 3.05) is 0 Å². The van der Waals surface area contributed by atoms with Crippen LogP contribution >= 0.6 is 0 Å². The molecule has 2 aromatic heterocycles. The number of furan rings is 1. The number of rotatable bonds is 7. The van der Waals surface area contributed by atoms with Gasteiger partial charge in [0.15, 0.2) is 16.6 Å². The summed E-state index contributed by atoms with van der Waals surface area (Å²) in [5, 5.41) is 16.0. The standard InChI is InChI=1S/C47H44N3OSi/c1-30(2)39-27-36(52(7,34-16-10-8-11-17-34)35-18-12-9-13-19-35)28-40(31(3)4)45(39)50-42-21-15-14-20-41(42)49(6)47(50)44-32(5)22-24-38-37-25-23-33(29-48)26-43(37)51-46(38)44/h8-28,30-31H,1-7H3/q+1. The lowest BCUT2D eigenvalue weighted by Crippen LogP contribution is -2.65. The third-order valence-electron chi connectivity index (χ3n) is 11.1. The SMILES string of the molecule is Cc1ccc2c(oc3cc(C#N)ccc32)c1-c1n(-c2c(C(C)C)cc([Si](C)(c3ccccc3)c3ccccc3)cc2C(C)C)c2ccccc2[n+]1C. The van der Waals surface area contributed by atoms with Crippen molar-refractivity contribution in [3.05, 3.63) is 150 Å². The fourth-order valence-electron chi connectivity index (χ4n) is 8.26. The van der Waals surface area contributed by atoms with Crippen LogP contribution < -0.4 is 20.1 Å². The van der Waals surface area contributed by atoms with Gasteiger partial charge in [-0.2, -0.15) is 9.83 Å². The van der Waals surface area contributed by atoms with Gasteiger partial charge in [-0.3, -0.25) is 0 Å². The predicted octanol–water partition coefficient (Wildman–Crippen LogP) is 9.55. The van der Waals surface area contributed by atoms with Crippen LogP contribution in [0.1, 0.15) is 61.8 Å². The van der Waals surface area contributed by atoms with E-state index >= 15 is 0 Å². The summed E-state index contributed by atoms with van der Waals surface area (Å²) in [7, 11) is -0.230. The topological polar surface area (TPSA) is 45.7 Å². The summed E-state index contributed by atoms with van der Waals surface area (Å²) in [6.07, 6.45) is 0. The van der Waals surface area contributed by atoms with Crippen molar-refractivity contribution in [3.8, 4) is 23.1 Å². The Morgan fingerprint density at radius 2 is 1.27 bits per heavy atom. The fourth-order valence-corrected chi connectivity index (χ4v) is 11.9. The summed E-state index contributed by atoms with van der Waals surface area (Å²) in [4.78, 5) is 0. The number of nitrogens with zero attached hydrogens (tertiary/aromatic N) is 3. The largest absolute Gasteiger partial charge is 0.455 e. The minimum Gasteiger partial charge on any atom is -0.455 e. The summed E-state index contributed by atoms with van der Waals surface area (Å²) in [6, 6.07) is 48.5. The lowest BCUT2D eigenvalue weighted by atomic mass is 9.92. The Bertz CT molecular complexity index is 2610. The van der Waals surface area contributed by atoms with Crippen LogP contribution in [-0.2, 0) is 7.05 Å². The molecule has 52 heavy (non-hydrogen) atoms. The molecule has 0 unspecified atom stereocenters. The molecule has 0 saturated carbocycles. The summed E-state index contributed by atoms with van der Waals surface area (Å²) in [5.74, 6) is 1.58. The third-order valence-corrected chi connectivity index (χ3v) is 15.6. The second-order valence-electron chi connectivity index (χ2n) is 14.9. The molecule has 256 valence electrons. The molecule has 0 atom stereocenters. The number of aromatic nitrogens is 2. The van der Waals surface area contributed by atoms with Crippen LogP contribution in [0.4, 0.5) is 0 Å². The number of imidazole rings is 1. The molecule has 0 aliphatic heterocycles. The molecule has 0 aliphatic carbocycles. The lowest BCUT2D eigenvalue weighted by Gasteiger charge is -2.32. The van der Waals surface area contributed by atoms with Crippen molar-refractivity contribution >= 4 is 56.6 Å². The van der Waals surface area contributed by atoms with Gasteiger partial charge in [0, 0.05) is 21.9 Å². The first-order valence-electron chi connectivity index (χ1n) is 18.3. The number of para-hydroxylation sites is 2. The van der Waals surface area contributed by atoms with E-state index in [4.69, 9.17) is 4.42 Å². The fraction of sp³-hybridized carbons (Fsp3) is 0.191. The Balaban J connectivity index is 1.50. The van der Waals surface area contributed by atoms with Gasteiger partial charge in [-0.25, -0.2) is 4.57 Å². The van der Waals surface area contributed by atoms with Gasteiger partial charge in [0.05, 0.1) is 18.7 Å². The number of fused-ring (bicyclic) bond motifs is 4. The van der Waals surface area contributed by atoms with E-state index in [1.54, 1.807) is 0 Å². The average Bonchev–Trinajstić information content (AvgIpc) is 3.68. The van der Waals surface area contributed by atoms with E-state index in [-0.39, 0.29) is 11.8 Å². The van der Waals surface area contributed by atoms with Gasteiger partial charge in [0.2, 0.25) is 0 Å². The van der Waals surface area contributed by atoms with Gasteiger partial charge < -0.3 is 4.42 Å². The van der Waals surface area contributed by atoms with Crippen molar-refractivity contribution < 1.29 is 8.98 Å². The van der Waals surface area contributed by atoms with Crippen LogP contribution in [0.15, 0.2) is 132 Å². The van der Waals surface area contributed by atoms with E-state index in [0.717, 1.165) is 49.9 Å². The highest BCUT2D eigenvalue weighted by molar-refractivity contribution is 7.10. The molecular formula is C47H44N3OSi+. The zero-order valence-electron chi connectivity index (χ0n) is 31.0. The van der Waals surface area contributed by atoms with Gasteiger partial charge in [0.25, 0.3) is 5.82 Å². The van der Waals surface area contributed by atoms with E-state index in [9.17, 15) is 5.26 Å². The van der Waals surface area contributed by atoms with E-state index in [1.165, 1.54) is 32.4 Å². The maximum atomic E-state index is 9.67. The first-order valence-corrected chi connectivity index (χ1v) is 20.8. The molecule has 0 N–H and O–H groups in total. The highest BCUT2D eigenvalue weighted by Gasteiger charge is 2.38. The van der Waals surface area contributed by atoms with Gasteiger partial charge in [0.1, 0.15) is 24.9 Å². The molecule has 0 aliphatic rings. The minimum absolute atomic E-state index is 0.254. The molecule has 6 aromatic carbocycles. The Hall–Kier alpha value is -5.70. The summed E-state index contributed by atoms with van der Waals surface area (Å²) in [6.45, 7) is 14.0. The van der Waals surface area contributed by atoms with Gasteiger partial charge in [-0.1, -0.05) is 131 Å². The van der Waals surface area contributed by atoms with E-state index < -0.39 is 8.07 Å². The predicted molar refractivity (Wildman–Crippen MR) is 218 cm³/mol. The molecule has 0 spiro atoms. The normalized spacial score (nSPS) is 12.1. The molecule has 8 aromatic rings. The van der Waals surface area contributed by atoms with Crippen LogP contribution in [0, 0.1) is 18.3 Å². The summed E-state index contributed by atoms with van der Waals surface area (Å²) in [5.41, 5.74) is 10.6. The first-order chi connectivity index (χ1) is 25.1. The zero-order chi connectivity index (χ0) is 36.3. The second-order valence-corrected chi connectivity index (χ2v) is 18.9. The highest BCUT2D eigenvalue weighted by Crippen LogP contribution is 2.42. The number of nitriles is 1. The molecule has 2 heterocycles. The summed E-state index contributed by atoms with van der Waals surface area (Å²) >= 11 is 0. The van der Waals surface area contributed by atoms with Gasteiger partial charge in [-0.15, -0.1) is 0 Å². The van der Waals surface area contributed by atoms with Gasteiger partial charge >= 0.3 is 0 Å². The number of aryl methyl sites for hydroxylation is 2. The van der Waals surface area contributed by atoms with Crippen LogP contribution in [0.2, 0.25) is 6.55 Å². The molecule has 0 radical (unpaired) electrons. The van der Waals surface area contributed by atoms with Crippen LogP contribution in [-0.4, -0.2) is 12.6 Å². The molecule has 0 saturated heterocycles. The zero-order valence-corrected chi connectivity index (χ0v) is 32.0. The lowest BCUT2D eigenvalue weighted by molar-refractivity contribution is -0.633. The Labute approximate surface area is 307 Å². The summed E-state index contributed by atoms with van der Waals surface area (Å²) < 4.78 is 11.6. The maximum absolute atomic E-state index is 9.67. The van der Waals surface area contributed by atoms with Crippen molar-refractivity contribution in [3.63, 3.8) is 0 Å². The number of hydrogen-bond donors (Lipinski definition) is 0. The second kappa shape index (κ2) is 12.8. The molecule has 0 bridgehead atoms. The van der Waals surface area contributed by atoms with Crippen molar-refractivity contribution in [1.29, 1.82) is 5.26 Å². The monoisotopic (exact) mass is 694 g/mol. The molecular weight excluding hydrogens is 651 g/mol. The third kappa shape index (κ3) is 5.12. The maximum Gasteiger partial charge on any atom is 0.299 e. The van der Waals surface area contributed by atoms with Crippen molar-refractivity contribution in [1.82, 2.24) is 4.57 Å². The van der Waals surface area contributed by atoms with E-state index in [2.05, 4.69) is 173 Å². The Morgan fingerprint density at radius 1 is 0.692 bits per heavy atom. The van der Waals surface area contributed by atoms with Crippen molar-refractivity contribution in [2.45, 2.75) is 53.0 Å². The van der Waals surface area contributed by atoms with Crippen molar-refractivity contribution in [2.24, 2.45) is 7.05 Å². The van der Waals surface area contributed by atoms with Crippen LogP contribution in [0.3, 0.4) is 0 Å². The van der Waals surface area contributed by atoms with E-state index in [0.29, 0.717) is 5.56 Å². The molecule has 5 heteroatoms. The molecule has 0 fully saturated rings. The van der Waals surface area contributed by atoms with Gasteiger partial charge in [-0.05, 0) is 70.2 Å². The molecule has 0 amide bonds. The quantitative estimate of drug-likeness (QED) is 0.0948. The Morgan fingerprint density at radius 3 is 1.87 bits per heavy atom.